The van der Waals surface area contributed by atoms with Gasteiger partial charge < -0.3 is 9.84 Å². The fraction of sp³-hybridized carbons (Fsp3) is 0.133. The Morgan fingerprint density at radius 3 is 3.00 bits per heavy atom. The van der Waals surface area contributed by atoms with E-state index in [4.69, 9.17) is 4.74 Å². The van der Waals surface area contributed by atoms with Crippen LogP contribution in [0, 0.1) is 0 Å². The average molecular weight is 283 g/mol. The molecule has 2 N–H and O–H groups in total. The van der Waals surface area contributed by atoms with Crippen LogP contribution in [0.15, 0.2) is 47.7 Å². The molecule has 1 amide bonds. The lowest BCUT2D eigenvalue weighted by molar-refractivity contribution is 0.0952. The van der Waals surface area contributed by atoms with Crippen LogP contribution in [0.25, 0.3) is 0 Å². The van der Waals surface area contributed by atoms with Crippen LogP contribution in [0.4, 0.5) is 0 Å². The molecule has 2 aromatic rings. The van der Waals surface area contributed by atoms with E-state index in [0.717, 1.165) is 0 Å². The summed E-state index contributed by atoms with van der Waals surface area (Å²) in [6.07, 6.45) is 2.21. The highest BCUT2D eigenvalue weighted by atomic mass is 16.5. The summed E-state index contributed by atoms with van der Waals surface area (Å²) >= 11 is 0. The van der Waals surface area contributed by atoms with Gasteiger partial charge in [0.25, 0.3) is 5.91 Å². The number of ether oxygens (including phenoxy) is 1. The first kappa shape index (κ1) is 13.1. The number of para-hydroxylation sites is 1. The first-order valence-corrected chi connectivity index (χ1v) is 6.49. The van der Waals surface area contributed by atoms with Crippen molar-refractivity contribution in [2.24, 2.45) is 5.10 Å². The van der Waals surface area contributed by atoms with Crippen LogP contribution in [0.2, 0.25) is 0 Å². The molecule has 0 aliphatic carbocycles. The van der Waals surface area contributed by atoms with Crippen molar-refractivity contribution in [3.63, 3.8) is 0 Å². The number of phenolic OH excluding ortho intramolecular Hbond substituents is 1. The van der Waals surface area contributed by atoms with Crippen LogP contribution in [-0.4, -0.2) is 28.3 Å². The second-order valence-electron chi connectivity index (χ2n) is 4.47. The van der Waals surface area contributed by atoms with Crippen molar-refractivity contribution in [3.05, 3.63) is 53.9 Å². The number of fused-ring (bicyclic) bond motifs is 1. The summed E-state index contributed by atoms with van der Waals surface area (Å²) in [4.78, 5) is 16.2. The Balaban J connectivity index is 1.82. The quantitative estimate of drug-likeness (QED) is 0.822. The maximum Gasteiger partial charge on any atom is 0.275 e. The summed E-state index contributed by atoms with van der Waals surface area (Å²) in [5.74, 6) is 0.101. The number of hydrogen-bond acceptors (Lipinski definition) is 5. The minimum Gasteiger partial charge on any atom is -0.507 e. The molecule has 0 bridgehead atoms. The predicted molar refractivity (Wildman–Crippen MR) is 76.5 cm³/mol. The van der Waals surface area contributed by atoms with Crippen LogP contribution < -0.4 is 10.2 Å². The zero-order chi connectivity index (χ0) is 14.7. The molecule has 0 radical (unpaired) electrons. The number of amides is 1. The fourth-order valence-electron chi connectivity index (χ4n) is 2.05. The van der Waals surface area contributed by atoms with Crippen LogP contribution in [0.1, 0.15) is 22.5 Å². The number of nitrogens with one attached hydrogen (secondary N) is 1. The first-order valence-electron chi connectivity index (χ1n) is 6.49. The van der Waals surface area contributed by atoms with Gasteiger partial charge in [-0.15, -0.1) is 0 Å². The Kier molecular flexibility index (Phi) is 3.51. The number of nitrogens with zero attached hydrogens (tertiary/aromatic N) is 2. The number of phenols is 1. The lowest BCUT2D eigenvalue weighted by Gasteiger charge is -2.17. The number of aromatic hydroxyl groups is 1. The molecule has 1 aromatic carbocycles. The highest BCUT2D eigenvalue weighted by Gasteiger charge is 2.18. The third-order valence-electron chi connectivity index (χ3n) is 3.08. The molecular weight excluding hydrogens is 270 g/mol. The number of benzene rings is 1. The van der Waals surface area contributed by atoms with Gasteiger partial charge in [0.2, 0.25) is 0 Å². The fourth-order valence-corrected chi connectivity index (χ4v) is 2.05. The number of carbonyl (C=O) groups is 1. The van der Waals surface area contributed by atoms with Gasteiger partial charge in [-0.3, -0.25) is 9.78 Å². The molecule has 6 nitrogen and oxygen atoms in total. The molecule has 3 rings (SSSR count). The van der Waals surface area contributed by atoms with Crippen LogP contribution in [0.3, 0.4) is 0 Å². The van der Waals surface area contributed by atoms with E-state index < -0.39 is 5.91 Å². The lowest BCUT2D eigenvalue weighted by Crippen LogP contribution is -2.24. The zero-order valence-electron chi connectivity index (χ0n) is 11.1. The minimum atomic E-state index is -0.468. The normalized spacial score (nSPS) is 15.1. The van der Waals surface area contributed by atoms with Gasteiger partial charge in [-0.05, 0) is 24.3 Å². The van der Waals surface area contributed by atoms with Crippen molar-refractivity contribution < 1.29 is 14.6 Å². The Morgan fingerprint density at radius 1 is 1.29 bits per heavy atom. The first-order chi connectivity index (χ1) is 10.3. The summed E-state index contributed by atoms with van der Waals surface area (Å²) in [5, 5.41) is 13.7. The number of aromatic nitrogens is 1. The van der Waals surface area contributed by atoms with Crippen molar-refractivity contribution in [1.82, 2.24) is 10.4 Å². The summed E-state index contributed by atoms with van der Waals surface area (Å²) in [7, 11) is 0. The number of carbonyl (C=O) groups excluding carboxylic acids is 1. The monoisotopic (exact) mass is 283 g/mol. The highest BCUT2D eigenvalue weighted by Crippen LogP contribution is 2.22. The number of hydrogen-bond donors (Lipinski definition) is 2. The van der Waals surface area contributed by atoms with E-state index in [1.54, 1.807) is 24.4 Å². The predicted octanol–water partition coefficient (Wildman–Crippen LogP) is 1.70. The molecule has 0 spiro atoms. The second-order valence-corrected chi connectivity index (χ2v) is 4.47. The number of hydrazone groups is 1. The van der Waals surface area contributed by atoms with Crippen molar-refractivity contribution in [2.75, 3.05) is 6.61 Å². The van der Waals surface area contributed by atoms with E-state index in [9.17, 15) is 9.90 Å². The SMILES string of the molecule is O=C(N/N=C1\CCOc2cccnc21)c1ccccc1O. The van der Waals surface area contributed by atoms with Crippen LogP contribution in [0.5, 0.6) is 11.5 Å². The van der Waals surface area contributed by atoms with Gasteiger partial charge in [0.1, 0.15) is 17.2 Å². The summed E-state index contributed by atoms with van der Waals surface area (Å²) in [6, 6.07) is 9.89. The maximum atomic E-state index is 12.0. The van der Waals surface area contributed by atoms with E-state index in [-0.39, 0.29) is 11.3 Å². The molecular formula is C15H13N3O3. The third kappa shape index (κ3) is 2.69. The molecule has 0 unspecified atom stereocenters. The van der Waals surface area contributed by atoms with E-state index in [2.05, 4.69) is 15.5 Å². The van der Waals surface area contributed by atoms with Gasteiger partial charge in [-0.1, -0.05) is 12.1 Å². The molecule has 1 aliphatic heterocycles. The minimum absolute atomic E-state index is 0.0827. The Hall–Kier alpha value is -2.89. The van der Waals surface area contributed by atoms with E-state index >= 15 is 0 Å². The topological polar surface area (TPSA) is 83.8 Å². The Labute approximate surface area is 121 Å². The average Bonchev–Trinajstić information content (AvgIpc) is 2.53. The lowest BCUT2D eigenvalue weighted by atomic mass is 10.1. The van der Waals surface area contributed by atoms with Gasteiger partial charge in [0, 0.05) is 12.6 Å². The smallest absolute Gasteiger partial charge is 0.275 e. The second kappa shape index (κ2) is 5.62. The van der Waals surface area contributed by atoms with Crippen LogP contribution in [-0.2, 0) is 0 Å². The molecule has 2 heterocycles. The standard InChI is InChI=1S/C15H13N3O3/c19-12-5-2-1-4-10(12)15(20)18-17-11-7-9-21-13-6-3-8-16-14(11)13/h1-6,8,19H,7,9H2,(H,18,20)/b17-11+. The molecule has 1 aromatic heterocycles. The number of pyridine rings is 1. The van der Waals surface area contributed by atoms with E-state index in [1.807, 2.05) is 6.07 Å². The Bertz CT molecular complexity index is 713. The molecule has 0 atom stereocenters. The molecule has 21 heavy (non-hydrogen) atoms. The van der Waals surface area contributed by atoms with Crippen molar-refractivity contribution in [2.45, 2.75) is 6.42 Å². The van der Waals surface area contributed by atoms with E-state index in [0.29, 0.717) is 30.2 Å². The molecule has 106 valence electrons. The third-order valence-corrected chi connectivity index (χ3v) is 3.08. The van der Waals surface area contributed by atoms with Gasteiger partial charge in [0.15, 0.2) is 0 Å². The summed E-state index contributed by atoms with van der Waals surface area (Å²) in [6.45, 7) is 0.490. The number of rotatable bonds is 2. The van der Waals surface area contributed by atoms with Gasteiger partial charge >= 0.3 is 0 Å². The highest BCUT2D eigenvalue weighted by molar-refractivity contribution is 6.03. The van der Waals surface area contributed by atoms with Crippen molar-refractivity contribution in [1.29, 1.82) is 0 Å². The van der Waals surface area contributed by atoms with Gasteiger partial charge in [0.05, 0.1) is 17.9 Å². The molecule has 0 saturated carbocycles. The van der Waals surface area contributed by atoms with Crippen molar-refractivity contribution >= 4 is 11.6 Å². The Morgan fingerprint density at radius 2 is 2.14 bits per heavy atom. The van der Waals surface area contributed by atoms with E-state index in [1.165, 1.54) is 12.1 Å². The zero-order valence-corrected chi connectivity index (χ0v) is 11.1. The van der Waals surface area contributed by atoms with Gasteiger partial charge in [-0.2, -0.15) is 5.10 Å². The molecule has 6 heteroatoms. The molecule has 0 saturated heterocycles. The molecule has 0 fully saturated rings. The van der Waals surface area contributed by atoms with Crippen molar-refractivity contribution in [3.8, 4) is 11.5 Å². The largest absolute Gasteiger partial charge is 0.507 e. The van der Waals surface area contributed by atoms with Crippen LogP contribution >= 0.6 is 0 Å². The molecule has 1 aliphatic rings. The summed E-state index contributed by atoms with van der Waals surface area (Å²) in [5.41, 5.74) is 3.90. The van der Waals surface area contributed by atoms with Gasteiger partial charge in [-0.25, -0.2) is 5.43 Å². The maximum absolute atomic E-state index is 12.0. The summed E-state index contributed by atoms with van der Waals surface area (Å²) < 4.78 is 5.47.